The number of hydrogen-bond donors (Lipinski definition) is 4. The summed E-state index contributed by atoms with van der Waals surface area (Å²) in [4.78, 5) is 76.7. The summed E-state index contributed by atoms with van der Waals surface area (Å²) in [6.07, 6.45) is 3.89. The number of anilines is 1. The van der Waals surface area contributed by atoms with Crippen LogP contribution in [0.2, 0.25) is 10.0 Å². The molecule has 3 amide bonds. The molecule has 0 bridgehead atoms. The number of fused-ring (bicyclic) bond motifs is 1. The normalized spacial score (nSPS) is 14.5. The maximum atomic E-state index is 13.5. The van der Waals surface area contributed by atoms with Crippen LogP contribution in [0, 0.1) is 5.92 Å². The predicted octanol–water partition coefficient (Wildman–Crippen LogP) is 4.93. The molecule has 0 heterocycles. The van der Waals surface area contributed by atoms with Crippen LogP contribution in [0.5, 0.6) is 0 Å². The summed E-state index contributed by atoms with van der Waals surface area (Å²) in [5.41, 5.74) is 0.237. The Morgan fingerprint density at radius 2 is 1.46 bits per heavy atom. The summed E-state index contributed by atoms with van der Waals surface area (Å²) < 4.78 is 5.04. The number of ether oxygens (including phenoxy) is 1. The zero-order valence-electron chi connectivity index (χ0n) is 24.7. The second-order valence-electron chi connectivity index (χ2n) is 11.0. The first-order valence-electron chi connectivity index (χ1n) is 14.8. The number of carbonyl (C=O) groups excluding carboxylic acids is 5. The van der Waals surface area contributed by atoms with E-state index >= 15 is 0 Å². The number of esters is 1. The average molecular weight is 671 g/mol. The van der Waals surface area contributed by atoms with Gasteiger partial charge < -0.3 is 25.8 Å². The summed E-state index contributed by atoms with van der Waals surface area (Å²) in [6, 6.07) is 14.0. The fraction of sp³-hybridized carbons (Fsp3) is 0.333. The highest BCUT2D eigenvalue weighted by molar-refractivity contribution is 6.40. The van der Waals surface area contributed by atoms with Gasteiger partial charge in [-0.15, -0.1) is 0 Å². The first-order chi connectivity index (χ1) is 22.0. The molecule has 1 saturated carbocycles. The van der Waals surface area contributed by atoms with Gasteiger partial charge in [0.05, 0.1) is 22.0 Å². The third kappa shape index (κ3) is 9.27. The molecule has 46 heavy (non-hydrogen) atoms. The number of aliphatic carboxylic acids is 1. The van der Waals surface area contributed by atoms with Crippen molar-refractivity contribution < 1.29 is 38.6 Å². The number of carboxylic acids is 1. The number of Topliss-reactive ketones (excluding diaryl/α,β-unsaturated/α-hetero) is 1. The summed E-state index contributed by atoms with van der Waals surface area (Å²) >= 11 is 12.0. The van der Waals surface area contributed by atoms with Crippen molar-refractivity contribution >= 4 is 75.1 Å². The van der Waals surface area contributed by atoms with E-state index in [0.717, 1.165) is 42.9 Å². The minimum absolute atomic E-state index is 0.00822. The maximum absolute atomic E-state index is 13.5. The topological polar surface area (TPSA) is 168 Å². The van der Waals surface area contributed by atoms with E-state index in [9.17, 15) is 33.9 Å². The number of rotatable bonds is 12. The number of carbonyl (C=O) groups is 6. The Bertz CT molecular complexity index is 1610. The summed E-state index contributed by atoms with van der Waals surface area (Å²) in [6.45, 7) is -0.883. The lowest BCUT2D eigenvalue weighted by molar-refractivity contribution is -0.141. The van der Waals surface area contributed by atoms with Crippen LogP contribution in [0.1, 0.15) is 55.3 Å². The van der Waals surface area contributed by atoms with Gasteiger partial charge in [-0.05, 0) is 35.9 Å². The molecule has 4 N–H and O–H groups in total. The highest BCUT2D eigenvalue weighted by Gasteiger charge is 2.32. The third-order valence-electron chi connectivity index (χ3n) is 7.76. The van der Waals surface area contributed by atoms with Gasteiger partial charge >= 0.3 is 23.8 Å². The SMILES string of the molecule is O=C(O)C[C@H](NC(=O)[C@H](CC1CCCCC1)NC(=O)C(=O)Nc1cccc2ccccc12)C(=O)COC(=O)c1c(Cl)cccc1Cl. The Hall–Kier alpha value is -4.48. The van der Waals surface area contributed by atoms with Crippen molar-refractivity contribution in [1.82, 2.24) is 10.6 Å². The molecule has 0 spiro atoms. The molecular weight excluding hydrogens is 637 g/mol. The van der Waals surface area contributed by atoms with Crippen molar-refractivity contribution in [1.29, 1.82) is 0 Å². The van der Waals surface area contributed by atoms with Crippen molar-refractivity contribution in [3.05, 3.63) is 76.3 Å². The largest absolute Gasteiger partial charge is 0.481 e. The fourth-order valence-corrected chi connectivity index (χ4v) is 5.97. The third-order valence-corrected chi connectivity index (χ3v) is 8.39. The lowest BCUT2D eigenvalue weighted by atomic mass is 9.84. The second kappa shape index (κ2) is 16.2. The first kappa shape index (κ1) is 34.4. The summed E-state index contributed by atoms with van der Waals surface area (Å²) in [7, 11) is 0. The highest BCUT2D eigenvalue weighted by Crippen LogP contribution is 2.28. The van der Waals surface area contributed by atoms with Crippen molar-refractivity contribution in [2.24, 2.45) is 5.92 Å². The van der Waals surface area contributed by atoms with E-state index in [2.05, 4.69) is 16.0 Å². The molecule has 13 heteroatoms. The maximum Gasteiger partial charge on any atom is 0.341 e. The van der Waals surface area contributed by atoms with Gasteiger partial charge in [0.2, 0.25) is 5.91 Å². The Morgan fingerprint density at radius 1 is 0.804 bits per heavy atom. The monoisotopic (exact) mass is 669 g/mol. The van der Waals surface area contributed by atoms with Crippen LogP contribution in [0.15, 0.2) is 60.7 Å². The molecule has 0 aliphatic heterocycles. The molecule has 3 aromatic carbocycles. The van der Waals surface area contributed by atoms with E-state index in [0.29, 0.717) is 5.69 Å². The van der Waals surface area contributed by atoms with Gasteiger partial charge in [0.15, 0.2) is 12.4 Å². The second-order valence-corrected chi connectivity index (χ2v) is 11.9. The Labute approximate surface area is 275 Å². The number of ketones is 1. The van der Waals surface area contributed by atoms with Crippen LogP contribution >= 0.6 is 23.2 Å². The number of amides is 3. The number of nitrogens with one attached hydrogen (secondary N) is 3. The quantitative estimate of drug-likeness (QED) is 0.156. The molecule has 242 valence electrons. The summed E-state index contributed by atoms with van der Waals surface area (Å²) in [5.74, 6) is -6.19. The Kier molecular flexibility index (Phi) is 12.1. The standard InChI is InChI=1S/C33H33Cl2N3O8/c34-22-13-7-14-23(35)29(22)33(45)46-18-27(39)25(17-28(40)41)37-30(42)26(16-19-8-2-1-3-9-19)38-32(44)31(43)36-24-15-6-11-20-10-4-5-12-21(20)24/h4-7,10-15,19,25-26H,1-3,8-9,16-18H2,(H,36,43)(H,37,42)(H,38,44)(H,40,41)/t25-,26-/m0/s1. The first-order valence-corrected chi connectivity index (χ1v) is 15.5. The number of carboxylic acid groups (broad SMARTS) is 1. The molecule has 11 nitrogen and oxygen atoms in total. The molecule has 4 rings (SSSR count). The molecule has 0 aromatic heterocycles. The van der Waals surface area contributed by atoms with E-state index < -0.39 is 60.6 Å². The molecule has 1 fully saturated rings. The van der Waals surface area contributed by atoms with Crippen LogP contribution in [0.25, 0.3) is 10.8 Å². The lowest BCUT2D eigenvalue weighted by Crippen LogP contribution is -2.54. The van der Waals surface area contributed by atoms with Gasteiger partial charge in [0, 0.05) is 11.1 Å². The predicted molar refractivity (Wildman–Crippen MR) is 172 cm³/mol. The molecule has 1 aliphatic carbocycles. The van der Waals surface area contributed by atoms with Crippen LogP contribution in [-0.2, 0) is 28.7 Å². The molecule has 1 aliphatic rings. The van der Waals surface area contributed by atoms with E-state index in [-0.39, 0.29) is 27.9 Å². The van der Waals surface area contributed by atoms with Crippen LogP contribution in [0.3, 0.4) is 0 Å². The minimum atomic E-state index is -1.60. The lowest BCUT2D eigenvalue weighted by Gasteiger charge is -2.27. The van der Waals surface area contributed by atoms with Crippen LogP contribution in [0.4, 0.5) is 5.69 Å². The van der Waals surface area contributed by atoms with Crippen LogP contribution < -0.4 is 16.0 Å². The van der Waals surface area contributed by atoms with E-state index in [4.69, 9.17) is 27.9 Å². The van der Waals surface area contributed by atoms with E-state index in [1.165, 1.54) is 18.2 Å². The number of halogens is 2. The van der Waals surface area contributed by atoms with Crippen molar-refractivity contribution in [2.75, 3.05) is 11.9 Å². The van der Waals surface area contributed by atoms with Gasteiger partial charge in [0.25, 0.3) is 0 Å². The van der Waals surface area contributed by atoms with Gasteiger partial charge in [0.1, 0.15) is 12.1 Å². The van der Waals surface area contributed by atoms with Gasteiger partial charge in [-0.3, -0.25) is 24.0 Å². The van der Waals surface area contributed by atoms with Gasteiger partial charge in [-0.25, -0.2) is 4.79 Å². The smallest absolute Gasteiger partial charge is 0.341 e. The molecule has 3 aromatic rings. The molecule has 0 radical (unpaired) electrons. The van der Waals surface area contributed by atoms with Crippen molar-refractivity contribution in [3.63, 3.8) is 0 Å². The average Bonchev–Trinajstić information content (AvgIpc) is 3.03. The zero-order chi connectivity index (χ0) is 33.2. The fourth-order valence-electron chi connectivity index (χ4n) is 5.42. The van der Waals surface area contributed by atoms with Gasteiger partial charge in [-0.2, -0.15) is 0 Å². The minimum Gasteiger partial charge on any atom is -0.481 e. The zero-order valence-corrected chi connectivity index (χ0v) is 26.2. The van der Waals surface area contributed by atoms with E-state index in [1.54, 1.807) is 24.3 Å². The Balaban J connectivity index is 1.46. The van der Waals surface area contributed by atoms with Crippen LogP contribution in [-0.4, -0.2) is 59.2 Å². The Morgan fingerprint density at radius 3 is 2.15 bits per heavy atom. The molecular formula is C33H33Cl2N3O8. The molecule has 0 unspecified atom stereocenters. The number of benzene rings is 3. The molecule has 0 saturated heterocycles. The molecule has 2 atom stereocenters. The van der Waals surface area contributed by atoms with Crippen molar-refractivity contribution in [2.45, 2.75) is 57.0 Å². The summed E-state index contributed by atoms with van der Waals surface area (Å²) in [5, 5.41) is 18.4. The van der Waals surface area contributed by atoms with Gasteiger partial charge in [-0.1, -0.05) is 97.8 Å². The van der Waals surface area contributed by atoms with E-state index in [1.807, 2.05) is 18.2 Å². The highest BCUT2D eigenvalue weighted by atomic mass is 35.5. The number of hydrogen-bond acceptors (Lipinski definition) is 7. The van der Waals surface area contributed by atoms with Crippen molar-refractivity contribution in [3.8, 4) is 0 Å².